The topological polar surface area (TPSA) is 58.6 Å². The lowest BCUT2D eigenvalue weighted by molar-refractivity contribution is -0.122. The van der Waals surface area contributed by atoms with Crippen LogP contribution < -0.4 is 10.1 Å². The molecule has 1 atom stereocenters. The number of rotatable bonds is 5. The first-order chi connectivity index (χ1) is 14.6. The Morgan fingerprint density at radius 1 is 0.900 bits per heavy atom. The number of fused-ring (bicyclic) bond motifs is 1. The molecule has 1 heterocycles. The van der Waals surface area contributed by atoms with Crippen LogP contribution in [-0.2, 0) is 17.6 Å². The summed E-state index contributed by atoms with van der Waals surface area (Å²) in [5.74, 6) is 0.597. The number of amides is 2. The Kier molecular flexibility index (Phi) is 6.36. The zero-order valence-corrected chi connectivity index (χ0v) is 17.7. The van der Waals surface area contributed by atoms with Gasteiger partial charge in [0.25, 0.3) is 11.8 Å². The fraction of sp³-hybridized carbons (Fsp3) is 0.440. The first kappa shape index (κ1) is 20.5. The molecule has 1 fully saturated rings. The smallest absolute Gasteiger partial charge is 0.265 e. The Hall–Kier alpha value is -2.82. The van der Waals surface area contributed by atoms with Gasteiger partial charge in [0.05, 0.1) is 0 Å². The van der Waals surface area contributed by atoms with Crippen LogP contribution in [0.15, 0.2) is 42.5 Å². The molecule has 1 N–H and O–H groups in total. The van der Waals surface area contributed by atoms with Crippen molar-refractivity contribution in [1.82, 2.24) is 4.90 Å². The van der Waals surface area contributed by atoms with Gasteiger partial charge in [-0.1, -0.05) is 6.07 Å². The lowest BCUT2D eigenvalue weighted by Crippen LogP contribution is -2.35. The summed E-state index contributed by atoms with van der Waals surface area (Å²) < 4.78 is 5.88. The van der Waals surface area contributed by atoms with E-state index >= 15 is 0 Å². The molecule has 5 nitrogen and oxygen atoms in total. The Labute approximate surface area is 178 Å². The van der Waals surface area contributed by atoms with Crippen molar-refractivity contribution >= 4 is 17.5 Å². The Morgan fingerprint density at radius 3 is 2.33 bits per heavy atom. The largest absolute Gasteiger partial charge is 0.481 e. The summed E-state index contributed by atoms with van der Waals surface area (Å²) in [6, 6.07) is 13.3. The monoisotopic (exact) mass is 406 g/mol. The van der Waals surface area contributed by atoms with E-state index < -0.39 is 6.10 Å². The van der Waals surface area contributed by atoms with Gasteiger partial charge in [0.1, 0.15) is 5.75 Å². The van der Waals surface area contributed by atoms with Gasteiger partial charge >= 0.3 is 0 Å². The highest BCUT2D eigenvalue weighted by Crippen LogP contribution is 2.26. The van der Waals surface area contributed by atoms with Gasteiger partial charge in [-0.05, 0) is 99.4 Å². The van der Waals surface area contributed by atoms with Crippen LogP contribution in [0.2, 0.25) is 0 Å². The molecule has 0 saturated carbocycles. The fourth-order valence-electron chi connectivity index (χ4n) is 4.26. The van der Waals surface area contributed by atoms with Crippen molar-refractivity contribution in [1.29, 1.82) is 0 Å². The molecule has 2 aliphatic rings. The normalized spacial score (nSPS) is 17.0. The second-order valence-electron chi connectivity index (χ2n) is 8.32. The number of hydrogen-bond acceptors (Lipinski definition) is 3. The summed E-state index contributed by atoms with van der Waals surface area (Å²) in [4.78, 5) is 27.0. The molecule has 2 amide bonds. The van der Waals surface area contributed by atoms with Gasteiger partial charge in [-0.25, -0.2) is 0 Å². The lowest BCUT2D eigenvalue weighted by atomic mass is 9.92. The summed E-state index contributed by atoms with van der Waals surface area (Å²) in [7, 11) is 0. The maximum Gasteiger partial charge on any atom is 0.265 e. The molecule has 2 aromatic carbocycles. The van der Waals surface area contributed by atoms with Crippen molar-refractivity contribution in [3.05, 3.63) is 59.2 Å². The van der Waals surface area contributed by atoms with Crippen molar-refractivity contribution in [3.8, 4) is 5.75 Å². The predicted octanol–water partition coefficient (Wildman–Crippen LogP) is 4.60. The minimum absolute atomic E-state index is 0.0664. The first-order valence-corrected chi connectivity index (χ1v) is 11.1. The average Bonchev–Trinajstić information content (AvgIpc) is 2.79. The Balaban J connectivity index is 1.33. The number of ether oxygens (including phenoxy) is 1. The molecule has 0 unspecified atom stereocenters. The number of likely N-dealkylation sites (tertiary alicyclic amines) is 1. The molecule has 4 rings (SSSR count). The van der Waals surface area contributed by atoms with Crippen molar-refractivity contribution in [2.24, 2.45) is 0 Å². The zero-order valence-electron chi connectivity index (χ0n) is 17.7. The van der Waals surface area contributed by atoms with Gasteiger partial charge in [0.15, 0.2) is 6.10 Å². The van der Waals surface area contributed by atoms with Crippen LogP contribution in [0.3, 0.4) is 0 Å². The maximum atomic E-state index is 12.6. The van der Waals surface area contributed by atoms with Crippen LogP contribution in [0.5, 0.6) is 5.75 Å². The van der Waals surface area contributed by atoms with E-state index in [1.807, 2.05) is 11.0 Å². The molecule has 2 aromatic rings. The summed E-state index contributed by atoms with van der Waals surface area (Å²) in [6.07, 6.45) is 7.39. The molecule has 158 valence electrons. The number of nitrogens with one attached hydrogen (secondary N) is 1. The van der Waals surface area contributed by atoms with Gasteiger partial charge in [0, 0.05) is 24.3 Å². The predicted molar refractivity (Wildman–Crippen MR) is 118 cm³/mol. The molecule has 1 saturated heterocycles. The van der Waals surface area contributed by atoms with Crippen LogP contribution >= 0.6 is 0 Å². The van der Waals surface area contributed by atoms with E-state index in [2.05, 4.69) is 17.4 Å². The highest BCUT2D eigenvalue weighted by Gasteiger charge is 2.19. The standard InChI is InChI=1S/C25H30N2O3/c1-18(30-23-14-11-19-7-3-4-8-21(19)17-23)24(28)26-22-12-9-20(10-13-22)25(29)27-15-5-2-6-16-27/h9-14,17-18H,2-8,15-16H2,1H3,(H,26,28)/t18-/m0/s1. The number of benzene rings is 2. The van der Waals surface area contributed by atoms with E-state index in [1.165, 1.54) is 30.4 Å². The molecule has 30 heavy (non-hydrogen) atoms. The molecular formula is C25H30N2O3. The molecule has 0 aromatic heterocycles. The van der Waals surface area contributed by atoms with Crippen molar-refractivity contribution < 1.29 is 14.3 Å². The third-order valence-electron chi connectivity index (χ3n) is 6.04. The number of piperidine rings is 1. The summed E-state index contributed by atoms with van der Waals surface area (Å²) in [5, 5.41) is 2.88. The van der Waals surface area contributed by atoms with Gasteiger partial charge in [0.2, 0.25) is 0 Å². The van der Waals surface area contributed by atoms with E-state index in [4.69, 9.17) is 4.74 Å². The SMILES string of the molecule is C[C@H](Oc1ccc2c(c1)CCCC2)C(=O)Nc1ccc(C(=O)N2CCCCC2)cc1. The van der Waals surface area contributed by atoms with Crippen molar-refractivity contribution in [3.63, 3.8) is 0 Å². The minimum atomic E-state index is -0.610. The zero-order chi connectivity index (χ0) is 20.9. The van der Waals surface area contributed by atoms with Crippen LogP contribution in [0.1, 0.15) is 60.5 Å². The highest BCUT2D eigenvalue weighted by atomic mass is 16.5. The van der Waals surface area contributed by atoms with E-state index in [0.717, 1.165) is 44.5 Å². The molecule has 0 bridgehead atoms. The van der Waals surface area contributed by atoms with Crippen LogP contribution in [-0.4, -0.2) is 35.9 Å². The van der Waals surface area contributed by atoms with Crippen LogP contribution in [0.25, 0.3) is 0 Å². The molecule has 0 spiro atoms. The number of carbonyl (C=O) groups is 2. The lowest BCUT2D eigenvalue weighted by Gasteiger charge is -2.26. The number of carbonyl (C=O) groups excluding carboxylic acids is 2. The third kappa shape index (κ3) is 4.84. The van der Waals surface area contributed by atoms with Gasteiger partial charge in [-0.2, -0.15) is 0 Å². The maximum absolute atomic E-state index is 12.6. The molecule has 5 heteroatoms. The number of anilines is 1. The Bertz CT molecular complexity index is 901. The highest BCUT2D eigenvalue weighted by molar-refractivity contribution is 5.96. The third-order valence-corrected chi connectivity index (χ3v) is 6.04. The quantitative estimate of drug-likeness (QED) is 0.790. The number of hydrogen-bond donors (Lipinski definition) is 1. The molecule has 0 radical (unpaired) electrons. The summed E-state index contributed by atoms with van der Waals surface area (Å²) in [6.45, 7) is 3.41. The fourth-order valence-corrected chi connectivity index (χ4v) is 4.26. The summed E-state index contributed by atoms with van der Waals surface area (Å²) >= 11 is 0. The second kappa shape index (κ2) is 9.33. The van der Waals surface area contributed by atoms with E-state index in [-0.39, 0.29) is 11.8 Å². The van der Waals surface area contributed by atoms with Crippen LogP contribution in [0, 0.1) is 0 Å². The van der Waals surface area contributed by atoms with E-state index in [0.29, 0.717) is 11.3 Å². The molecule has 1 aliphatic heterocycles. The molecule has 1 aliphatic carbocycles. The number of nitrogens with zero attached hydrogens (tertiary/aromatic N) is 1. The second-order valence-corrected chi connectivity index (χ2v) is 8.32. The summed E-state index contributed by atoms with van der Waals surface area (Å²) in [5.41, 5.74) is 4.05. The van der Waals surface area contributed by atoms with Gasteiger partial charge in [-0.15, -0.1) is 0 Å². The first-order valence-electron chi connectivity index (χ1n) is 11.1. The number of aryl methyl sites for hydroxylation is 2. The van der Waals surface area contributed by atoms with Crippen molar-refractivity contribution in [2.75, 3.05) is 18.4 Å². The van der Waals surface area contributed by atoms with Crippen LogP contribution in [0.4, 0.5) is 5.69 Å². The van der Waals surface area contributed by atoms with Gasteiger partial charge in [-0.3, -0.25) is 9.59 Å². The van der Waals surface area contributed by atoms with E-state index in [1.54, 1.807) is 31.2 Å². The van der Waals surface area contributed by atoms with Gasteiger partial charge < -0.3 is 15.0 Å². The van der Waals surface area contributed by atoms with Crippen molar-refractivity contribution in [2.45, 2.75) is 58.0 Å². The Morgan fingerprint density at radius 2 is 1.60 bits per heavy atom. The van der Waals surface area contributed by atoms with E-state index in [9.17, 15) is 9.59 Å². The molecular weight excluding hydrogens is 376 g/mol. The minimum Gasteiger partial charge on any atom is -0.481 e. The average molecular weight is 407 g/mol.